The lowest BCUT2D eigenvalue weighted by Crippen LogP contribution is -2.47. The predicted octanol–water partition coefficient (Wildman–Crippen LogP) is 1.83. The summed E-state index contributed by atoms with van der Waals surface area (Å²) in [5, 5.41) is 0. The van der Waals surface area contributed by atoms with Crippen molar-refractivity contribution in [2.45, 2.75) is 37.4 Å². The van der Waals surface area contributed by atoms with Gasteiger partial charge in [-0.2, -0.15) is 4.31 Å². The summed E-state index contributed by atoms with van der Waals surface area (Å²) in [6.07, 6.45) is 1.19. The molecule has 0 amide bonds. The Labute approximate surface area is 125 Å². The summed E-state index contributed by atoms with van der Waals surface area (Å²) in [4.78, 5) is 0.400. The van der Waals surface area contributed by atoms with Crippen LogP contribution in [0.25, 0.3) is 0 Å². The Bertz CT molecular complexity index is 625. The Morgan fingerprint density at radius 3 is 2.29 bits per heavy atom. The second kappa shape index (κ2) is 5.35. The van der Waals surface area contributed by atoms with E-state index in [-0.39, 0.29) is 0 Å². The summed E-state index contributed by atoms with van der Waals surface area (Å²) in [6, 6.07) is 5.45. The Kier molecular flexibility index (Phi) is 3.81. The van der Waals surface area contributed by atoms with Gasteiger partial charge in [-0.05, 0) is 25.5 Å². The Hall–Kier alpha value is -0.950. The van der Waals surface area contributed by atoms with Crippen molar-refractivity contribution in [1.29, 1.82) is 0 Å². The molecule has 21 heavy (non-hydrogen) atoms. The van der Waals surface area contributed by atoms with Gasteiger partial charge in [-0.25, -0.2) is 8.42 Å². The van der Waals surface area contributed by atoms with E-state index in [1.807, 2.05) is 26.0 Å². The van der Waals surface area contributed by atoms with Crippen molar-refractivity contribution in [2.24, 2.45) is 0 Å². The highest BCUT2D eigenvalue weighted by atomic mass is 32.2. The normalized spacial score (nSPS) is 22.8. The van der Waals surface area contributed by atoms with Crippen LogP contribution in [0.4, 0.5) is 0 Å². The molecule has 0 aliphatic carbocycles. The van der Waals surface area contributed by atoms with E-state index in [2.05, 4.69) is 0 Å². The van der Waals surface area contributed by atoms with Crippen LogP contribution in [0.3, 0.4) is 0 Å². The predicted molar refractivity (Wildman–Crippen MR) is 78.5 cm³/mol. The molecule has 0 aromatic heterocycles. The number of nitrogens with zero attached hydrogens (tertiary/aromatic N) is 1. The lowest BCUT2D eigenvalue weighted by atomic mass is 10.1. The minimum absolute atomic E-state index is 0.400. The zero-order valence-electron chi connectivity index (χ0n) is 12.5. The Morgan fingerprint density at radius 1 is 1.10 bits per heavy atom. The molecule has 2 heterocycles. The molecule has 2 fully saturated rings. The first-order valence-corrected chi connectivity index (χ1v) is 8.72. The van der Waals surface area contributed by atoms with Crippen LogP contribution in [0.5, 0.6) is 0 Å². The lowest BCUT2D eigenvalue weighted by Gasteiger charge is -2.37. The van der Waals surface area contributed by atoms with Gasteiger partial charge < -0.3 is 9.47 Å². The zero-order valence-corrected chi connectivity index (χ0v) is 13.3. The number of piperidine rings is 1. The number of benzene rings is 1. The maximum atomic E-state index is 12.8. The first kappa shape index (κ1) is 15.0. The smallest absolute Gasteiger partial charge is 0.243 e. The number of rotatable bonds is 2. The lowest BCUT2D eigenvalue weighted by molar-refractivity contribution is -0.179. The van der Waals surface area contributed by atoms with Crippen molar-refractivity contribution in [2.75, 3.05) is 26.3 Å². The molecular weight excluding hydrogens is 290 g/mol. The number of aryl methyl sites for hydroxylation is 2. The highest BCUT2D eigenvalue weighted by molar-refractivity contribution is 7.89. The summed E-state index contributed by atoms with van der Waals surface area (Å²) in [5.74, 6) is -0.547. The SMILES string of the molecule is Cc1ccc(S(=O)(=O)N2CCC3(CC2)OCCO3)c(C)c1. The van der Waals surface area contributed by atoms with Crippen LogP contribution in [-0.4, -0.2) is 44.8 Å². The van der Waals surface area contributed by atoms with Gasteiger partial charge in [0.15, 0.2) is 5.79 Å². The zero-order chi connectivity index (χ0) is 15.1. The average Bonchev–Trinajstić information content (AvgIpc) is 2.87. The molecule has 5 nitrogen and oxygen atoms in total. The maximum absolute atomic E-state index is 12.8. The molecule has 0 unspecified atom stereocenters. The second-order valence-electron chi connectivity index (χ2n) is 5.78. The van der Waals surface area contributed by atoms with Gasteiger partial charge >= 0.3 is 0 Å². The summed E-state index contributed by atoms with van der Waals surface area (Å²) >= 11 is 0. The van der Waals surface area contributed by atoms with Crippen molar-refractivity contribution < 1.29 is 17.9 Å². The third-order valence-electron chi connectivity index (χ3n) is 4.25. The maximum Gasteiger partial charge on any atom is 0.243 e. The van der Waals surface area contributed by atoms with E-state index in [4.69, 9.17) is 9.47 Å². The third kappa shape index (κ3) is 2.73. The summed E-state index contributed by atoms with van der Waals surface area (Å²) < 4.78 is 38.4. The molecule has 0 saturated carbocycles. The molecule has 2 aliphatic rings. The molecule has 116 valence electrons. The van der Waals surface area contributed by atoms with E-state index < -0.39 is 15.8 Å². The summed E-state index contributed by atoms with van der Waals surface area (Å²) in [7, 11) is -3.43. The number of hydrogen-bond donors (Lipinski definition) is 0. The molecule has 0 bridgehead atoms. The van der Waals surface area contributed by atoms with E-state index >= 15 is 0 Å². The summed E-state index contributed by atoms with van der Waals surface area (Å²) in [5.41, 5.74) is 1.86. The van der Waals surface area contributed by atoms with Crippen molar-refractivity contribution in [3.05, 3.63) is 29.3 Å². The van der Waals surface area contributed by atoms with Crippen LogP contribution in [0.2, 0.25) is 0 Å². The monoisotopic (exact) mass is 311 g/mol. The standard InChI is InChI=1S/C15H21NO4S/c1-12-3-4-14(13(2)11-12)21(17,18)16-7-5-15(6-8-16)19-9-10-20-15/h3-4,11H,5-10H2,1-2H3. The van der Waals surface area contributed by atoms with Crippen LogP contribution in [0.1, 0.15) is 24.0 Å². The molecule has 3 rings (SSSR count). The fourth-order valence-corrected chi connectivity index (χ4v) is 4.73. The number of hydrogen-bond acceptors (Lipinski definition) is 4. The quantitative estimate of drug-likeness (QED) is 0.836. The molecule has 2 aliphatic heterocycles. The minimum Gasteiger partial charge on any atom is -0.347 e. The van der Waals surface area contributed by atoms with Crippen molar-refractivity contribution in [3.8, 4) is 0 Å². The molecule has 0 radical (unpaired) electrons. The van der Waals surface area contributed by atoms with Gasteiger partial charge in [0.2, 0.25) is 10.0 Å². The van der Waals surface area contributed by atoms with Crippen molar-refractivity contribution >= 4 is 10.0 Å². The van der Waals surface area contributed by atoms with Gasteiger partial charge in [-0.3, -0.25) is 0 Å². The van der Waals surface area contributed by atoms with Crippen molar-refractivity contribution in [3.63, 3.8) is 0 Å². The van der Waals surface area contributed by atoms with E-state index in [0.29, 0.717) is 44.0 Å². The second-order valence-corrected chi connectivity index (χ2v) is 7.69. The average molecular weight is 311 g/mol. The van der Waals surface area contributed by atoms with E-state index in [9.17, 15) is 8.42 Å². The molecule has 1 aromatic rings. The molecule has 2 saturated heterocycles. The topological polar surface area (TPSA) is 55.8 Å². The molecule has 1 aromatic carbocycles. The van der Waals surface area contributed by atoms with Crippen molar-refractivity contribution in [1.82, 2.24) is 4.31 Å². The largest absolute Gasteiger partial charge is 0.347 e. The molecular formula is C15H21NO4S. The minimum atomic E-state index is -3.43. The number of ether oxygens (including phenoxy) is 2. The van der Waals surface area contributed by atoms with Crippen LogP contribution in [0, 0.1) is 13.8 Å². The van der Waals surface area contributed by atoms with Gasteiger partial charge in [0, 0.05) is 25.9 Å². The van der Waals surface area contributed by atoms with Crippen LogP contribution in [-0.2, 0) is 19.5 Å². The first-order valence-electron chi connectivity index (χ1n) is 7.28. The van der Waals surface area contributed by atoms with E-state index in [0.717, 1.165) is 11.1 Å². The van der Waals surface area contributed by atoms with Crippen LogP contribution < -0.4 is 0 Å². The Balaban J connectivity index is 1.80. The van der Waals surface area contributed by atoms with Crippen LogP contribution in [0.15, 0.2) is 23.1 Å². The van der Waals surface area contributed by atoms with Gasteiger partial charge in [-0.15, -0.1) is 0 Å². The van der Waals surface area contributed by atoms with Gasteiger partial charge in [0.05, 0.1) is 18.1 Å². The van der Waals surface area contributed by atoms with Gasteiger partial charge in [0.1, 0.15) is 0 Å². The van der Waals surface area contributed by atoms with Crippen LogP contribution >= 0.6 is 0 Å². The van der Waals surface area contributed by atoms with E-state index in [1.165, 1.54) is 0 Å². The molecule has 0 N–H and O–H groups in total. The number of sulfonamides is 1. The molecule has 6 heteroatoms. The third-order valence-corrected chi connectivity index (χ3v) is 6.30. The highest BCUT2D eigenvalue weighted by Gasteiger charge is 2.42. The molecule has 1 spiro atoms. The van der Waals surface area contributed by atoms with E-state index in [1.54, 1.807) is 10.4 Å². The Morgan fingerprint density at radius 2 is 1.71 bits per heavy atom. The summed E-state index contributed by atoms with van der Waals surface area (Å²) in [6.45, 7) is 5.89. The van der Waals surface area contributed by atoms with Gasteiger partial charge in [-0.1, -0.05) is 17.7 Å². The fraction of sp³-hybridized carbons (Fsp3) is 0.600. The van der Waals surface area contributed by atoms with Gasteiger partial charge in [0.25, 0.3) is 0 Å². The first-order chi connectivity index (χ1) is 9.93. The fourth-order valence-electron chi connectivity index (χ4n) is 3.08. The highest BCUT2D eigenvalue weighted by Crippen LogP contribution is 2.33. The molecule has 0 atom stereocenters.